The van der Waals surface area contributed by atoms with Gasteiger partial charge in [0.15, 0.2) is 0 Å². The molecule has 0 spiro atoms. The first kappa shape index (κ1) is 15.7. The van der Waals surface area contributed by atoms with Gasteiger partial charge in [-0.2, -0.15) is 0 Å². The molecule has 1 aliphatic carbocycles. The Labute approximate surface area is 148 Å². The zero-order valence-electron chi connectivity index (χ0n) is 13.5. The van der Waals surface area contributed by atoms with Crippen LogP contribution in [-0.2, 0) is 17.6 Å². The van der Waals surface area contributed by atoms with Gasteiger partial charge in [-0.15, -0.1) is 11.3 Å². The highest BCUT2D eigenvalue weighted by Crippen LogP contribution is 2.40. The maximum absolute atomic E-state index is 11.1. The highest BCUT2D eigenvalue weighted by atomic mass is 32.1. The molecule has 1 aliphatic rings. The van der Waals surface area contributed by atoms with Gasteiger partial charge in [-0.05, 0) is 43.0 Å². The van der Waals surface area contributed by atoms with E-state index in [1.165, 1.54) is 16.7 Å². The van der Waals surface area contributed by atoms with E-state index in [4.69, 9.17) is 11.1 Å². The van der Waals surface area contributed by atoms with E-state index < -0.39 is 0 Å². The minimum absolute atomic E-state index is 0.108. The van der Waals surface area contributed by atoms with Crippen LogP contribution in [0.25, 0.3) is 10.2 Å². The summed E-state index contributed by atoms with van der Waals surface area (Å²) < 4.78 is 0. The summed E-state index contributed by atoms with van der Waals surface area (Å²) >= 11 is 1.65. The molecular formula is C18H17N5OS. The first-order valence-corrected chi connectivity index (χ1v) is 8.89. The Morgan fingerprint density at radius 3 is 3.04 bits per heavy atom. The number of hydrogen-bond acceptors (Lipinski definition) is 7. The molecule has 3 aromatic rings. The average Bonchev–Trinajstić information content (AvgIpc) is 3.01. The Balaban J connectivity index is 1.77. The van der Waals surface area contributed by atoms with Crippen molar-refractivity contribution in [2.45, 2.75) is 19.3 Å². The summed E-state index contributed by atoms with van der Waals surface area (Å²) in [6.07, 6.45) is 6.38. The Morgan fingerprint density at radius 2 is 2.24 bits per heavy atom. The van der Waals surface area contributed by atoms with Gasteiger partial charge >= 0.3 is 0 Å². The molecule has 0 saturated carbocycles. The molecule has 1 aromatic carbocycles. The molecule has 0 radical (unpaired) electrons. The molecule has 1 unspecified atom stereocenters. The third-order valence-electron chi connectivity index (χ3n) is 4.58. The number of aldehydes is 1. The number of nitrogens with one attached hydrogen (secondary N) is 2. The van der Waals surface area contributed by atoms with Crippen molar-refractivity contribution in [2.75, 3.05) is 11.1 Å². The van der Waals surface area contributed by atoms with E-state index in [0.29, 0.717) is 11.3 Å². The van der Waals surface area contributed by atoms with Crippen molar-refractivity contribution in [3.63, 3.8) is 0 Å². The molecule has 2 heterocycles. The molecule has 0 amide bonds. The van der Waals surface area contributed by atoms with Crippen LogP contribution in [0.2, 0.25) is 0 Å². The number of hydrogen-bond donors (Lipinski definition) is 3. The normalized spacial score (nSPS) is 16.4. The van der Waals surface area contributed by atoms with Gasteiger partial charge < -0.3 is 21.3 Å². The summed E-state index contributed by atoms with van der Waals surface area (Å²) in [4.78, 5) is 22.1. The van der Waals surface area contributed by atoms with Crippen LogP contribution in [0.3, 0.4) is 0 Å². The molecule has 7 heteroatoms. The fourth-order valence-corrected chi connectivity index (χ4v) is 4.54. The summed E-state index contributed by atoms with van der Waals surface area (Å²) in [5.74, 6) is 0.866. The Morgan fingerprint density at radius 1 is 1.36 bits per heavy atom. The zero-order chi connectivity index (χ0) is 17.4. The zero-order valence-corrected chi connectivity index (χ0v) is 14.3. The maximum Gasteiger partial charge on any atom is 0.142 e. The van der Waals surface area contributed by atoms with Gasteiger partial charge in [0.05, 0.1) is 5.39 Å². The fourth-order valence-electron chi connectivity index (χ4n) is 3.26. The van der Waals surface area contributed by atoms with Gasteiger partial charge in [-0.25, -0.2) is 9.97 Å². The number of anilines is 3. The number of thiophene rings is 1. The summed E-state index contributed by atoms with van der Waals surface area (Å²) in [5, 5.41) is 11.8. The monoisotopic (exact) mass is 351 g/mol. The van der Waals surface area contributed by atoms with Crippen molar-refractivity contribution in [1.29, 1.82) is 5.41 Å². The van der Waals surface area contributed by atoms with Gasteiger partial charge in [0.1, 0.15) is 23.3 Å². The number of nitrogen functional groups attached to an aromatic ring is 1. The van der Waals surface area contributed by atoms with Crippen molar-refractivity contribution in [3.05, 3.63) is 40.5 Å². The van der Waals surface area contributed by atoms with E-state index in [2.05, 4.69) is 15.3 Å². The maximum atomic E-state index is 11.1. The molecule has 0 bridgehead atoms. The van der Waals surface area contributed by atoms with E-state index in [0.717, 1.165) is 47.3 Å². The fraction of sp³-hybridized carbons (Fsp3) is 0.222. The van der Waals surface area contributed by atoms with Crippen LogP contribution in [-0.4, -0.2) is 22.5 Å². The SMILES string of the molecule is N=Cc1cc(Nc2ncnc3sc4c(c23)CCC(C=O)C4)ccc1N. The molecule has 6 nitrogen and oxygen atoms in total. The second kappa shape index (κ2) is 6.25. The largest absolute Gasteiger partial charge is 0.398 e. The summed E-state index contributed by atoms with van der Waals surface area (Å²) in [5.41, 5.74) is 9.17. The lowest BCUT2D eigenvalue weighted by molar-refractivity contribution is -0.111. The minimum atomic E-state index is 0.108. The van der Waals surface area contributed by atoms with E-state index in [1.54, 1.807) is 23.7 Å². The highest BCUT2D eigenvalue weighted by Gasteiger charge is 2.24. The van der Waals surface area contributed by atoms with Gasteiger partial charge in [-0.3, -0.25) is 0 Å². The molecule has 25 heavy (non-hydrogen) atoms. The van der Waals surface area contributed by atoms with Crippen molar-refractivity contribution in [3.8, 4) is 0 Å². The lowest BCUT2D eigenvalue weighted by atomic mass is 9.89. The smallest absolute Gasteiger partial charge is 0.142 e. The summed E-state index contributed by atoms with van der Waals surface area (Å²) in [6, 6.07) is 5.48. The second-order valence-corrected chi connectivity index (χ2v) is 7.24. The quantitative estimate of drug-likeness (QED) is 0.380. The number of rotatable bonds is 4. The third-order valence-corrected chi connectivity index (χ3v) is 5.74. The van der Waals surface area contributed by atoms with E-state index in [9.17, 15) is 4.79 Å². The number of fused-ring (bicyclic) bond motifs is 3. The third kappa shape index (κ3) is 2.76. The van der Waals surface area contributed by atoms with Crippen LogP contribution in [0.5, 0.6) is 0 Å². The molecular weight excluding hydrogens is 334 g/mol. The van der Waals surface area contributed by atoms with Crippen LogP contribution in [0.4, 0.5) is 17.2 Å². The Kier molecular flexibility index (Phi) is 3.93. The first-order valence-electron chi connectivity index (χ1n) is 8.07. The van der Waals surface area contributed by atoms with Crippen molar-refractivity contribution >= 4 is 51.2 Å². The van der Waals surface area contributed by atoms with E-state index >= 15 is 0 Å². The lowest BCUT2D eigenvalue weighted by Crippen LogP contribution is -2.13. The molecule has 0 fully saturated rings. The standard InChI is InChI=1S/C18H17N5OS/c19-7-11-6-12(2-4-14(11)20)23-17-16-13-3-1-10(8-24)5-15(13)25-18(16)22-9-21-17/h2,4,6-10,19H,1,3,5,20H2,(H,21,22,23). The average molecular weight is 351 g/mol. The molecule has 2 aromatic heterocycles. The predicted molar refractivity (Wildman–Crippen MR) is 101 cm³/mol. The molecule has 4 N–H and O–H groups in total. The minimum Gasteiger partial charge on any atom is -0.398 e. The number of carbonyl (C=O) groups excluding carboxylic acids is 1. The molecule has 0 aliphatic heterocycles. The molecule has 1 atom stereocenters. The Hall–Kier alpha value is -2.80. The molecule has 126 valence electrons. The van der Waals surface area contributed by atoms with Crippen LogP contribution >= 0.6 is 11.3 Å². The van der Waals surface area contributed by atoms with E-state index in [1.807, 2.05) is 12.1 Å². The van der Waals surface area contributed by atoms with Crippen LogP contribution < -0.4 is 11.1 Å². The lowest BCUT2D eigenvalue weighted by Gasteiger charge is -2.17. The second-order valence-electron chi connectivity index (χ2n) is 6.16. The van der Waals surface area contributed by atoms with Gasteiger partial charge in [0.2, 0.25) is 0 Å². The van der Waals surface area contributed by atoms with Crippen LogP contribution in [0.15, 0.2) is 24.5 Å². The number of aromatic nitrogens is 2. The van der Waals surface area contributed by atoms with E-state index in [-0.39, 0.29) is 5.92 Å². The number of nitrogens with two attached hydrogens (primary N) is 1. The van der Waals surface area contributed by atoms with Crippen LogP contribution in [0, 0.1) is 11.3 Å². The highest BCUT2D eigenvalue weighted by molar-refractivity contribution is 7.19. The van der Waals surface area contributed by atoms with Gasteiger partial charge in [0.25, 0.3) is 0 Å². The molecule has 4 rings (SSSR count). The number of carbonyl (C=O) groups is 1. The first-order chi connectivity index (χ1) is 12.2. The summed E-state index contributed by atoms with van der Waals surface area (Å²) in [7, 11) is 0. The van der Waals surface area contributed by atoms with Crippen molar-refractivity contribution in [2.24, 2.45) is 5.92 Å². The van der Waals surface area contributed by atoms with Crippen LogP contribution in [0.1, 0.15) is 22.4 Å². The number of aryl methyl sites for hydroxylation is 1. The van der Waals surface area contributed by atoms with Gasteiger partial charge in [-0.1, -0.05) is 0 Å². The summed E-state index contributed by atoms with van der Waals surface area (Å²) in [6.45, 7) is 0. The van der Waals surface area contributed by atoms with Crippen molar-refractivity contribution in [1.82, 2.24) is 9.97 Å². The molecule has 0 saturated heterocycles. The number of benzene rings is 1. The number of nitrogens with zero attached hydrogens (tertiary/aromatic N) is 2. The predicted octanol–water partition coefficient (Wildman–Crippen LogP) is 3.32. The topological polar surface area (TPSA) is 105 Å². The van der Waals surface area contributed by atoms with Gasteiger partial charge in [0, 0.05) is 33.9 Å². The van der Waals surface area contributed by atoms with Crippen molar-refractivity contribution < 1.29 is 4.79 Å². The Bertz CT molecular complexity index is 981.